The third-order valence-corrected chi connectivity index (χ3v) is 5.13. The number of rotatable bonds is 7. The first-order chi connectivity index (χ1) is 12.8. The molecule has 144 valence electrons. The minimum absolute atomic E-state index is 0.0242. The first-order valence-electron chi connectivity index (χ1n) is 8.47. The average molecular weight is 390 g/mol. The number of nitrogens with one attached hydrogen (secondary N) is 2. The molecule has 27 heavy (non-hydrogen) atoms. The first-order valence-corrected chi connectivity index (χ1v) is 9.95. The molecule has 2 aromatic rings. The Morgan fingerprint density at radius 2 is 1.70 bits per heavy atom. The lowest BCUT2D eigenvalue weighted by Crippen LogP contribution is -2.24. The number of carbonyl (C=O) groups is 2. The zero-order valence-electron chi connectivity index (χ0n) is 15.4. The fraction of sp³-hybridized carbons (Fsp3) is 0.263. The third kappa shape index (κ3) is 5.07. The average Bonchev–Trinajstić information content (AvgIpc) is 2.62. The van der Waals surface area contributed by atoms with Gasteiger partial charge in [-0.25, -0.2) is 13.2 Å². The molecule has 2 N–H and O–H groups in total. The van der Waals surface area contributed by atoms with Gasteiger partial charge < -0.3 is 10.1 Å². The van der Waals surface area contributed by atoms with Crippen molar-refractivity contribution >= 4 is 27.6 Å². The van der Waals surface area contributed by atoms with Gasteiger partial charge in [0.25, 0.3) is 15.9 Å². The molecule has 2 aromatic carbocycles. The molecular formula is C19H22N2O5S. The Hall–Kier alpha value is -2.87. The summed E-state index contributed by atoms with van der Waals surface area (Å²) in [5, 5.41) is 2.66. The van der Waals surface area contributed by atoms with E-state index in [4.69, 9.17) is 4.74 Å². The smallest absolute Gasteiger partial charge is 0.338 e. The van der Waals surface area contributed by atoms with Gasteiger partial charge in [-0.15, -0.1) is 0 Å². The lowest BCUT2D eigenvalue weighted by atomic mass is 10.1. The third-order valence-electron chi connectivity index (χ3n) is 3.75. The summed E-state index contributed by atoms with van der Waals surface area (Å²) < 4.78 is 32.6. The van der Waals surface area contributed by atoms with E-state index in [1.807, 2.05) is 0 Å². The topological polar surface area (TPSA) is 102 Å². The van der Waals surface area contributed by atoms with Crippen LogP contribution in [0.1, 0.15) is 40.1 Å². The monoisotopic (exact) mass is 390 g/mol. The van der Waals surface area contributed by atoms with Gasteiger partial charge in [0.05, 0.1) is 17.1 Å². The summed E-state index contributed by atoms with van der Waals surface area (Å²) in [7, 11) is -3.89. The van der Waals surface area contributed by atoms with Crippen molar-refractivity contribution in [2.45, 2.75) is 25.7 Å². The second kappa shape index (κ2) is 8.68. The fourth-order valence-corrected chi connectivity index (χ4v) is 3.46. The molecule has 0 atom stereocenters. The van der Waals surface area contributed by atoms with Crippen LogP contribution in [0.2, 0.25) is 0 Å². The van der Waals surface area contributed by atoms with E-state index in [-0.39, 0.29) is 17.4 Å². The number of hydrogen-bond acceptors (Lipinski definition) is 5. The van der Waals surface area contributed by atoms with E-state index < -0.39 is 16.0 Å². The van der Waals surface area contributed by atoms with Crippen molar-refractivity contribution in [3.8, 4) is 0 Å². The van der Waals surface area contributed by atoms with Gasteiger partial charge in [0.15, 0.2) is 0 Å². The van der Waals surface area contributed by atoms with Crippen molar-refractivity contribution in [1.29, 1.82) is 0 Å². The van der Waals surface area contributed by atoms with Crippen LogP contribution in [-0.4, -0.2) is 33.4 Å². The molecule has 2 rings (SSSR count). The van der Waals surface area contributed by atoms with Crippen molar-refractivity contribution < 1.29 is 22.7 Å². The number of sulfonamides is 1. The van der Waals surface area contributed by atoms with E-state index in [9.17, 15) is 18.0 Å². The Bertz CT molecular complexity index is 937. The normalized spacial score (nSPS) is 10.9. The SMILES string of the molecule is CCNC(=O)c1cc(S(=O)(=O)Nc2ccc(C(=O)OCC)cc2)ccc1C. The minimum atomic E-state index is -3.89. The highest BCUT2D eigenvalue weighted by Gasteiger charge is 2.18. The molecule has 0 aromatic heterocycles. The number of anilines is 1. The van der Waals surface area contributed by atoms with Crippen molar-refractivity contribution in [2.75, 3.05) is 17.9 Å². The molecule has 0 heterocycles. The Morgan fingerprint density at radius 3 is 2.30 bits per heavy atom. The molecule has 0 radical (unpaired) electrons. The molecule has 0 saturated heterocycles. The van der Waals surface area contributed by atoms with E-state index in [1.165, 1.54) is 36.4 Å². The van der Waals surface area contributed by atoms with Gasteiger partial charge in [0.2, 0.25) is 0 Å². The number of carbonyl (C=O) groups excluding carboxylic acids is 2. The lowest BCUT2D eigenvalue weighted by Gasteiger charge is -2.11. The number of amides is 1. The number of hydrogen-bond donors (Lipinski definition) is 2. The van der Waals surface area contributed by atoms with Gasteiger partial charge in [-0.2, -0.15) is 0 Å². The summed E-state index contributed by atoms with van der Waals surface area (Å²) in [6.07, 6.45) is 0. The van der Waals surface area contributed by atoms with E-state index in [0.717, 1.165) is 0 Å². The molecule has 0 aliphatic carbocycles. The minimum Gasteiger partial charge on any atom is -0.462 e. The zero-order valence-corrected chi connectivity index (χ0v) is 16.2. The molecule has 0 aliphatic rings. The molecule has 0 spiro atoms. The second-order valence-corrected chi connectivity index (χ2v) is 7.42. The van der Waals surface area contributed by atoms with Gasteiger partial charge in [0, 0.05) is 17.8 Å². The molecule has 0 bridgehead atoms. The van der Waals surface area contributed by atoms with Crippen molar-refractivity contribution in [3.63, 3.8) is 0 Å². The standard InChI is InChI=1S/C19H22N2O5S/c1-4-20-18(22)17-12-16(11-6-13(17)3)27(24,25)21-15-9-7-14(8-10-15)19(23)26-5-2/h6-12,21H,4-5H2,1-3H3,(H,20,22). The van der Waals surface area contributed by atoms with E-state index in [0.29, 0.717) is 28.9 Å². The van der Waals surface area contributed by atoms with Gasteiger partial charge in [-0.3, -0.25) is 9.52 Å². The van der Waals surface area contributed by atoms with Crippen molar-refractivity contribution in [2.24, 2.45) is 0 Å². The summed E-state index contributed by atoms with van der Waals surface area (Å²) in [5.41, 5.74) is 1.60. The quantitative estimate of drug-likeness (QED) is 0.708. The molecule has 0 fully saturated rings. The van der Waals surface area contributed by atoms with Gasteiger partial charge in [-0.05, 0) is 62.7 Å². The predicted molar refractivity (Wildman–Crippen MR) is 102 cm³/mol. The highest BCUT2D eigenvalue weighted by atomic mass is 32.2. The molecule has 7 nitrogen and oxygen atoms in total. The number of ether oxygens (including phenoxy) is 1. The van der Waals surface area contributed by atoms with Gasteiger partial charge in [0.1, 0.15) is 0 Å². The molecule has 0 aliphatic heterocycles. The zero-order chi connectivity index (χ0) is 20.0. The van der Waals surface area contributed by atoms with Crippen LogP contribution >= 0.6 is 0 Å². The molecule has 1 amide bonds. The highest BCUT2D eigenvalue weighted by Crippen LogP contribution is 2.20. The molecular weight excluding hydrogens is 368 g/mol. The Labute approximate surface area is 158 Å². The lowest BCUT2D eigenvalue weighted by molar-refractivity contribution is 0.0526. The predicted octanol–water partition coefficient (Wildman–Crippen LogP) is 2.72. The van der Waals surface area contributed by atoms with Crippen molar-refractivity contribution in [1.82, 2.24) is 5.32 Å². The summed E-state index contributed by atoms with van der Waals surface area (Å²) in [6, 6.07) is 10.3. The summed E-state index contributed by atoms with van der Waals surface area (Å²) in [4.78, 5) is 23.7. The molecule has 8 heteroatoms. The van der Waals surface area contributed by atoms with Crippen LogP contribution in [0.4, 0.5) is 5.69 Å². The number of aryl methyl sites for hydroxylation is 1. The van der Waals surface area contributed by atoms with Crippen LogP contribution in [0.5, 0.6) is 0 Å². The van der Waals surface area contributed by atoms with Crippen LogP contribution in [-0.2, 0) is 14.8 Å². The Balaban J connectivity index is 2.25. The van der Waals surface area contributed by atoms with Gasteiger partial charge in [-0.1, -0.05) is 6.07 Å². The van der Waals surface area contributed by atoms with Crippen LogP contribution in [0.3, 0.4) is 0 Å². The maximum atomic E-state index is 12.6. The first kappa shape index (κ1) is 20.4. The van der Waals surface area contributed by atoms with Crippen LogP contribution in [0, 0.1) is 6.92 Å². The highest BCUT2D eigenvalue weighted by molar-refractivity contribution is 7.92. The summed E-state index contributed by atoms with van der Waals surface area (Å²) in [5.74, 6) is -0.803. The number of esters is 1. The largest absolute Gasteiger partial charge is 0.462 e. The van der Waals surface area contributed by atoms with E-state index in [1.54, 1.807) is 26.8 Å². The Kier molecular flexibility index (Phi) is 6.57. The van der Waals surface area contributed by atoms with Crippen molar-refractivity contribution in [3.05, 3.63) is 59.2 Å². The fourth-order valence-electron chi connectivity index (χ4n) is 2.37. The van der Waals surface area contributed by atoms with Crippen LogP contribution in [0.15, 0.2) is 47.4 Å². The second-order valence-electron chi connectivity index (χ2n) is 5.74. The van der Waals surface area contributed by atoms with Gasteiger partial charge >= 0.3 is 5.97 Å². The maximum absolute atomic E-state index is 12.6. The van der Waals surface area contributed by atoms with Crippen LogP contribution < -0.4 is 10.0 Å². The van der Waals surface area contributed by atoms with Crippen LogP contribution in [0.25, 0.3) is 0 Å². The maximum Gasteiger partial charge on any atom is 0.338 e. The molecule has 0 unspecified atom stereocenters. The summed E-state index contributed by atoms with van der Waals surface area (Å²) >= 11 is 0. The molecule has 0 saturated carbocycles. The number of benzene rings is 2. The Morgan fingerprint density at radius 1 is 1.04 bits per heavy atom. The van der Waals surface area contributed by atoms with E-state index in [2.05, 4.69) is 10.0 Å². The van der Waals surface area contributed by atoms with E-state index >= 15 is 0 Å². The summed E-state index contributed by atoms with van der Waals surface area (Å²) in [6.45, 7) is 5.93.